The first kappa shape index (κ1) is 15.7. The summed E-state index contributed by atoms with van der Waals surface area (Å²) < 4.78 is 13.8. The van der Waals surface area contributed by atoms with E-state index in [0.717, 1.165) is 17.6 Å². The van der Waals surface area contributed by atoms with Crippen LogP contribution < -0.4 is 23.0 Å². The van der Waals surface area contributed by atoms with Crippen molar-refractivity contribution in [1.82, 2.24) is 9.97 Å². The van der Waals surface area contributed by atoms with Crippen molar-refractivity contribution >= 4 is 23.1 Å². The van der Waals surface area contributed by atoms with Crippen molar-refractivity contribution in [2.24, 2.45) is 0 Å². The number of hydrogen-bond donors (Lipinski definition) is 2. The lowest BCUT2D eigenvalue weighted by atomic mass is 10.3. The van der Waals surface area contributed by atoms with Gasteiger partial charge in [0.25, 0.3) is 0 Å². The van der Waals surface area contributed by atoms with E-state index in [1.807, 2.05) is 60.7 Å². The second kappa shape index (κ2) is 7.38. The Kier molecular flexibility index (Phi) is 5.27. The summed E-state index contributed by atoms with van der Waals surface area (Å²) in [5, 5.41) is 5.96. The van der Waals surface area contributed by atoms with Crippen LogP contribution in [0.5, 0.6) is 0 Å². The summed E-state index contributed by atoms with van der Waals surface area (Å²) in [7, 11) is 0. The fourth-order valence-electron chi connectivity index (χ4n) is 1.82. The lowest BCUT2D eigenvalue weighted by molar-refractivity contribution is -0.00000484. The Morgan fingerprint density at radius 2 is 1.32 bits per heavy atom. The number of rotatable bonds is 4. The molecule has 3 rings (SSSR count). The van der Waals surface area contributed by atoms with Gasteiger partial charge in [0, 0.05) is 11.4 Å². The predicted octanol–water partition coefficient (Wildman–Crippen LogP) is 1.11. The molecule has 0 aliphatic rings. The molecular weight excluding hydrogens is 303 g/mol. The first-order chi connectivity index (χ1) is 10.3. The Morgan fingerprint density at radius 1 is 0.773 bits per heavy atom. The van der Waals surface area contributed by atoms with Crippen molar-refractivity contribution in [3.05, 3.63) is 72.7 Å². The lowest BCUT2D eigenvalue weighted by Gasteiger charge is -2.09. The van der Waals surface area contributed by atoms with Crippen LogP contribution >= 0.6 is 0 Å². The molecule has 0 bridgehead atoms. The quantitative estimate of drug-likeness (QED) is 0.757. The van der Waals surface area contributed by atoms with Gasteiger partial charge in [-0.1, -0.05) is 36.4 Å². The zero-order valence-corrected chi connectivity index (χ0v) is 12.3. The van der Waals surface area contributed by atoms with Crippen LogP contribution in [0.2, 0.25) is 0 Å². The Labute approximate surface area is 133 Å². The van der Waals surface area contributed by atoms with E-state index in [-0.39, 0.29) is 18.2 Å². The van der Waals surface area contributed by atoms with E-state index in [4.69, 9.17) is 0 Å². The van der Waals surface area contributed by atoms with Crippen LogP contribution in [0.3, 0.4) is 0 Å². The normalized spacial score (nSPS) is 9.68. The molecule has 0 amide bonds. The molecule has 0 fully saturated rings. The lowest BCUT2D eigenvalue weighted by Crippen LogP contribution is -3.00. The molecule has 0 spiro atoms. The molecule has 112 valence electrons. The van der Waals surface area contributed by atoms with Crippen LogP contribution in [0.4, 0.5) is 27.5 Å². The molecule has 4 nitrogen and oxygen atoms in total. The number of anilines is 4. The smallest absolute Gasteiger partial charge is 0.229 e. The molecular formula is C16H13ClFN4-. The van der Waals surface area contributed by atoms with Crippen LogP contribution in [0.15, 0.2) is 66.9 Å². The summed E-state index contributed by atoms with van der Waals surface area (Å²) in [5.41, 5.74) is 1.61. The first-order valence-electron chi connectivity index (χ1n) is 6.48. The highest BCUT2D eigenvalue weighted by Gasteiger charge is 2.07. The van der Waals surface area contributed by atoms with Crippen molar-refractivity contribution in [2.45, 2.75) is 0 Å². The molecule has 0 saturated heterocycles. The summed E-state index contributed by atoms with van der Waals surface area (Å²) >= 11 is 0. The minimum absolute atomic E-state index is 0. The van der Waals surface area contributed by atoms with Gasteiger partial charge in [-0.3, -0.25) is 0 Å². The fourth-order valence-corrected chi connectivity index (χ4v) is 1.82. The molecule has 6 heteroatoms. The van der Waals surface area contributed by atoms with Crippen molar-refractivity contribution in [2.75, 3.05) is 10.6 Å². The van der Waals surface area contributed by atoms with Crippen molar-refractivity contribution in [1.29, 1.82) is 0 Å². The molecule has 1 heterocycles. The van der Waals surface area contributed by atoms with Gasteiger partial charge < -0.3 is 23.0 Å². The summed E-state index contributed by atoms with van der Waals surface area (Å²) in [6.45, 7) is 0. The van der Waals surface area contributed by atoms with E-state index >= 15 is 0 Å². The van der Waals surface area contributed by atoms with Gasteiger partial charge in [0.05, 0.1) is 6.20 Å². The molecule has 0 radical (unpaired) electrons. The molecule has 0 atom stereocenters. The Morgan fingerprint density at radius 3 is 1.91 bits per heavy atom. The summed E-state index contributed by atoms with van der Waals surface area (Å²) in [5.74, 6) is -0.0341. The predicted molar refractivity (Wildman–Crippen MR) is 81.4 cm³/mol. The average molecular weight is 316 g/mol. The highest BCUT2D eigenvalue weighted by atomic mass is 35.5. The van der Waals surface area contributed by atoms with Gasteiger partial charge in [-0.25, -0.2) is 9.37 Å². The van der Waals surface area contributed by atoms with Crippen LogP contribution in [0.25, 0.3) is 0 Å². The first-order valence-corrected chi connectivity index (χ1v) is 6.48. The van der Waals surface area contributed by atoms with Crippen molar-refractivity contribution < 1.29 is 16.8 Å². The van der Waals surface area contributed by atoms with Gasteiger partial charge in [0.15, 0.2) is 11.6 Å². The fraction of sp³-hybridized carbons (Fsp3) is 0. The number of hydrogen-bond acceptors (Lipinski definition) is 4. The molecule has 0 aliphatic heterocycles. The van der Waals surface area contributed by atoms with Crippen LogP contribution in [0.1, 0.15) is 0 Å². The molecule has 3 aromatic rings. The van der Waals surface area contributed by atoms with E-state index in [1.165, 1.54) is 0 Å². The number of para-hydroxylation sites is 2. The van der Waals surface area contributed by atoms with Gasteiger partial charge in [-0.2, -0.15) is 4.98 Å². The second-order valence-electron chi connectivity index (χ2n) is 4.37. The molecule has 0 saturated carbocycles. The molecule has 0 aliphatic carbocycles. The maximum absolute atomic E-state index is 13.8. The third-order valence-corrected chi connectivity index (χ3v) is 2.81. The molecule has 2 N–H and O–H groups in total. The number of benzene rings is 2. The average Bonchev–Trinajstić information content (AvgIpc) is 2.53. The van der Waals surface area contributed by atoms with E-state index in [2.05, 4.69) is 20.6 Å². The monoisotopic (exact) mass is 315 g/mol. The highest BCUT2D eigenvalue weighted by molar-refractivity contribution is 5.59. The second-order valence-corrected chi connectivity index (χ2v) is 4.37. The standard InChI is InChI=1S/C16H13FN4.ClH/c17-14-11-18-16(20-13-9-5-2-6-10-13)21-15(14)19-12-7-3-1-4-8-12;/h1-11H,(H2,18,19,20,21);1H/p-1. The summed E-state index contributed by atoms with van der Waals surface area (Å²) in [4.78, 5) is 8.09. The van der Waals surface area contributed by atoms with Crippen molar-refractivity contribution in [3.63, 3.8) is 0 Å². The van der Waals surface area contributed by atoms with Gasteiger partial charge in [-0.15, -0.1) is 0 Å². The van der Waals surface area contributed by atoms with E-state index in [1.54, 1.807) is 0 Å². The third kappa shape index (κ3) is 3.93. The molecule has 0 unspecified atom stereocenters. The minimum Gasteiger partial charge on any atom is -1.00 e. The van der Waals surface area contributed by atoms with Gasteiger partial charge in [-0.05, 0) is 24.3 Å². The zero-order chi connectivity index (χ0) is 14.5. The SMILES string of the molecule is Fc1cnc(Nc2ccccc2)nc1Nc1ccccc1.[Cl-]. The van der Waals surface area contributed by atoms with E-state index in [9.17, 15) is 4.39 Å². The largest absolute Gasteiger partial charge is 1.00 e. The summed E-state index contributed by atoms with van der Waals surface area (Å²) in [6, 6.07) is 18.8. The van der Waals surface area contributed by atoms with Gasteiger partial charge >= 0.3 is 0 Å². The topological polar surface area (TPSA) is 49.8 Å². The Hall–Kier alpha value is -2.66. The van der Waals surface area contributed by atoms with Crippen LogP contribution in [-0.4, -0.2) is 9.97 Å². The number of nitrogens with one attached hydrogen (secondary N) is 2. The van der Waals surface area contributed by atoms with Crippen LogP contribution in [-0.2, 0) is 0 Å². The zero-order valence-electron chi connectivity index (χ0n) is 11.5. The molecule has 22 heavy (non-hydrogen) atoms. The number of nitrogens with zero attached hydrogens (tertiary/aromatic N) is 2. The minimum atomic E-state index is -0.502. The van der Waals surface area contributed by atoms with Crippen LogP contribution in [0, 0.1) is 5.82 Å². The molecule has 1 aromatic heterocycles. The molecule has 2 aromatic carbocycles. The van der Waals surface area contributed by atoms with Gasteiger partial charge in [0.1, 0.15) is 0 Å². The number of aromatic nitrogens is 2. The highest BCUT2D eigenvalue weighted by Crippen LogP contribution is 2.19. The van der Waals surface area contributed by atoms with Gasteiger partial charge in [0.2, 0.25) is 5.95 Å². The van der Waals surface area contributed by atoms with Crippen molar-refractivity contribution in [3.8, 4) is 0 Å². The number of halogens is 2. The Bertz CT molecular complexity index is 723. The Balaban J connectivity index is 0.00000176. The van der Waals surface area contributed by atoms with E-state index < -0.39 is 5.82 Å². The third-order valence-electron chi connectivity index (χ3n) is 2.81. The maximum atomic E-state index is 13.8. The van der Waals surface area contributed by atoms with E-state index in [0.29, 0.717) is 5.95 Å². The summed E-state index contributed by atoms with van der Waals surface area (Å²) in [6.07, 6.45) is 1.14. The maximum Gasteiger partial charge on any atom is 0.229 e.